The fraction of sp³-hybridized carbons (Fsp3) is 0.296. The molecule has 4 aliphatic rings. The fourth-order valence-electron chi connectivity index (χ4n) is 6.66. The lowest BCUT2D eigenvalue weighted by Crippen LogP contribution is -2.41. The highest BCUT2D eigenvalue weighted by Gasteiger charge is 2.70. The summed E-state index contributed by atoms with van der Waals surface area (Å²) in [5.74, 6) is -0.490. The molecule has 2 aliphatic carbocycles. The van der Waals surface area contributed by atoms with Crippen molar-refractivity contribution in [1.82, 2.24) is 0 Å². The molecule has 0 unspecified atom stereocenters. The molecule has 2 heterocycles. The summed E-state index contributed by atoms with van der Waals surface area (Å²) < 4.78 is 0. The van der Waals surface area contributed by atoms with Crippen LogP contribution in [-0.4, -0.2) is 23.6 Å². The van der Waals surface area contributed by atoms with Crippen molar-refractivity contribution >= 4 is 34.0 Å². The Morgan fingerprint density at radius 3 is 2.34 bits per heavy atom. The van der Waals surface area contributed by atoms with Crippen LogP contribution in [0.2, 0.25) is 0 Å². The molecule has 0 spiro atoms. The number of oxime groups is 1. The number of imide groups is 1. The van der Waals surface area contributed by atoms with Gasteiger partial charge in [0.25, 0.3) is 0 Å². The van der Waals surface area contributed by atoms with E-state index in [1.54, 1.807) is 0 Å². The monoisotopic (exact) mass is 422 g/mol. The minimum absolute atomic E-state index is 0.0450. The van der Waals surface area contributed by atoms with Gasteiger partial charge in [-0.05, 0) is 47.7 Å². The van der Waals surface area contributed by atoms with Crippen LogP contribution >= 0.6 is 0 Å². The number of aryl methyl sites for hydroxylation is 1. The van der Waals surface area contributed by atoms with Crippen LogP contribution in [0.1, 0.15) is 17.5 Å². The number of nitrogens with zero attached hydrogens (tertiary/aromatic N) is 2. The summed E-state index contributed by atoms with van der Waals surface area (Å²) in [7, 11) is 0. The molecule has 158 valence electrons. The Morgan fingerprint density at radius 1 is 0.844 bits per heavy atom. The number of hydrogen-bond donors (Lipinski definition) is 0. The van der Waals surface area contributed by atoms with Gasteiger partial charge in [-0.25, -0.2) is 0 Å². The van der Waals surface area contributed by atoms with Gasteiger partial charge in [0.15, 0.2) is 0 Å². The van der Waals surface area contributed by atoms with E-state index in [1.165, 1.54) is 10.5 Å². The average Bonchev–Trinajstić information content (AvgIpc) is 3.54. The summed E-state index contributed by atoms with van der Waals surface area (Å²) in [5, 5.41) is 6.55. The number of rotatable bonds is 2. The zero-order chi connectivity index (χ0) is 21.6. The largest absolute Gasteiger partial charge is 0.391 e. The van der Waals surface area contributed by atoms with E-state index in [2.05, 4.69) is 36.3 Å². The third kappa shape index (κ3) is 2.26. The number of fused-ring (bicyclic) bond motifs is 9. The molecule has 3 aromatic rings. The van der Waals surface area contributed by atoms with Crippen molar-refractivity contribution < 1.29 is 14.4 Å². The lowest BCUT2D eigenvalue weighted by atomic mass is 9.71. The Morgan fingerprint density at radius 2 is 1.56 bits per heavy atom. The Balaban J connectivity index is 1.25. The smallest absolute Gasteiger partial charge is 0.238 e. The van der Waals surface area contributed by atoms with Crippen LogP contribution in [-0.2, 0) is 14.4 Å². The summed E-state index contributed by atoms with van der Waals surface area (Å²) in [6.07, 6.45) is 0.754. The van der Waals surface area contributed by atoms with Gasteiger partial charge >= 0.3 is 0 Å². The molecule has 2 bridgehead atoms. The van der Waals surface area contributed by atoms with Crippen molar-refractivity contribution in [1.29, 1.82) is 0 Å². The van der Waals surface area contributed by atoms with Crippen molar-refractivity contribution in [3.05, 3.63) is 77.9 Å². The molecule has 7 rings (SSSR count). The van der Waals surface area contributed by atoms with Gasteiger partial charge in [-0.2, -0.15) is 0 Å². The zero-order valence-corrected chi connectivity index (χ0v) is 17.6. The molecular formula is C27H22N2O3. The highest BCUT2D eigenvalue weighted by Crippen LogP contribution is 2.62. The first-order chi connectivity index (χ1) is 15.6. The zero-order valence-electron chi connectivity index (χ0n) is 17.6. The summed E-state index contributed by atoms with van der Waals surface area (Å²) in [6, 6.07) is 22.1. The quantitative estimate of drug-likeness (QED) is 0.578. The Bertz CT molecular complexity index is 1330. The van der Waals surface area contributed by atoms with Gasteiger partial charge < -0.3 is 4.84 Å². The van der Waals surface area contributed by atoms with E-state index in [1.807, 2.05) is 42.5 Å². The molecule has 6 atom stereocenters. The van der Waals surface area contributed by atoms with Gasteiger partial charge in [0.2, 0.25) is 11.8 Å². The molecule has 2 saturated carbocycles. The van der Waals surface area contributed by atoms with E-state index in [-0.39, 0.29) is 47.5 Å². The van der Waals surface area contributed by atoms with Crippen LogP contribution in [0.15, 0.2) is 71.9 Å². The maximum Gasteiger partial charge on any atom is 0.238 e. The number of benzene rings is 3. The first-order valence-electron chi connectivity index (χ1n) is 11.3. The SMILES string of the molecule is Cc1ccc(C2=NO[C@@H]3[C@H]4C[C@H]([C@H]5C(=O)N(c6ccc7ccccc7c6)C(=O)[C@H]45)[C@H]23)cc1. The molecule has 1 saturated heterocycles. The number of amides is 2. The first kappa shape index (κ1) is 18.1. The average molecular weight is 422 g/mol. The van der Waals surface area contributed by atoms with Crippen molar-refractivity contribution in [3.8, 4) is 0 Å². The minimum atomic E-state index is -0.298. The van der Waals surface area contributed by atoms with E-state index < -0.39 is 0 Å². The maximum atomic E-state index is 13.6. The molecule has 3 aromatic carbocycles. The van der Waals surface area contributed by atoms with E-state index in [0.717, 1.165) is 28.5 Å². The van der Waals surface area contributed by atoms with Crippen LogP contribution in [0.3, 0.4) is 0 Å². The summed E-state index contributed by atoms with van der Waals surface area (Å²) >= 11 is 0. The number of hydrogen-bond acceptors (Lipinski definition) is 4. The minimum Gasteiger partial charge on any atom is -0.391 e. The van der Waals surface area contributed by atoms with Gasteiger partial charge in [-0.15, -0.1) is 0 Å². The van der Waals surface area contributed by atoms with Crippen molar-refractivity contribution in [3.63, 3.8) is 0 Å². The van der Waals surface area contributed by atoms with Crippen LogP contribution in [0.5, 0.6) is 0 Å². The van der Waals surface area contributed by atoms with Gasteiger partial charge in [0.1, 0.15) is 6.10 Å². The topological polar surface area (TPSA) is 59.0 Å². The standard InChI is InChI=1S/C27H22N2O3/c1-14-6-8-16(9-7-14)24-23-19-13-20(25(23)32-28-24)22-21(19)26(30)29(27(22)31)18-11-10-15-4-2-3-5-17(15)12-18/h2-12,19-23,25H,13H2,1H3/t19-,20+,21-,22-,23-,25-/m1/s1. The third-order valence-electron chi connectivity index (χ3n) is 8.03. The molecule has 5 nitrogen and oxygen atoms in total. The van der Waals surface area contributed by atoms with E-state index in [4.69, 9.17) is 4.84 Å². The van der Waals surface area contributed by atoms with Gasteiger partial charge in [0, 0.05) is 11.8 Å². The number of anilines is 1. The fourth-order valence-corrected chi connectivity index (χ4v) is 6.66. The highest BCUT2D eigenvalue weighted by atomic mass is 16.6. The summed E-state index contributed by atoms with van der Waals surface area (Å²) in [6.45, 7) is 2.06. The molecule has 2 aliphatic heterocycles. The highest BCUT2D eigenvalue weighted by molar-refractivity contribution is 6.23. The first-order valence-corrected chi connectivity index (χ1v) is 11.3. The molecule has 2 amide bonds. The van der Waals surface area contributed by atoms with Gasteiger partial charge in [-0.1, -0.05) is 65.3 Å². The Hall–Kier alpha value is -3.47. The second kappa shape index (κ2) is 6.28. The van der Waals surface area contributed by atoms with Gasteiger partial charge in [0.05, 0.1) is 23.2 Å². The second-order valence-corrected chi connectivity index (χ2v) is 9.60. The second-order valence-electron chi connectivity index (χ2n) is 9.60. The predicted molar refractivity (Wildman–Crippen MR) is 121 cm³/mol. The van der Waals surface area contributed by atoms with Crippen LogP contribution in [0, 0.1) is 36.5 Å². The number of carbonyl (C=O) groups excluding carboxylic acids is 2. The van der Waals surface area contributed by atoms with Crippen LogP contribution in [0.25, 0.3) is 10.8 Å². The lowest BCUT2D eigenvalue weighted by Gasteiger charge is -2.29. The molecule has 3 fully saturated rings. The molecular weight excluding hydrogens is 400 g/mol. The predicted octanol–water partition coefficient (Wildman–Crippen LogP) is 4.32. The van der Waals surface area contributed by atoms with E-state index in [0.29, 0.717) is 5.69 Å². The molecule has 0 radical (unpaired) electrons. The number of carbonyl (C=O) groups is 2. The van der Waals surface area contributed by atoms with E-state index in [9.17, 15) is 9.59 Å². The van der Waals surface area contributed by atoms with Crippen LogP contribution in [0.4, 0.5) is 5.69 Å². The van der Waals surface area contributed by atoms with Crippen molar-refractivity contribution in [2.45, 2.75) is 19.4 Å². The Labute approximate surface area is 185 Å². The third-order valence-corrected chi connectivity index (χ3v) is 8.03. The van der Waals surface area contributed by atoms with Crippen LogP contribution < -0.4 is 4.90 Å². The normalized spacial score (nSPS) is 32.3. The Kier molecular flexibility index (Phi) is 3.56. The molecule has 5 heteroatoms. The lowest BCUT2D eigenvalue weighted by molar-refractivity contribution is -0.125. The maximum absolute atomic E-state index is 13.6. The molecule has 32 heavy (non-hydrogen) atoms. The van der Waals surface area contributed by atoms with E-state index >= 15 is 0 Å². The van der Waals surface area contributed by atoms with Crippen molar-refractivity contribution in [2.75, 3.05) is 4.90 Å². The molecule has 0 N–H and O–H groups in total. The summed E-state index contributed by atoms with van der Waals surface area (Å²) in [5.41, 5.74) is 3.85. The molecule has 0 aromatic heterocycles. The summed E-state index contributed by atoms with van der Waals surface area (Å²) in [4.78, 5) is 34.5. The van der Waals surface area contributed by atoms with Crippen molar-refractivity contribution in [2.24, 2.45) is 34.7 Å². The van der Waals surface area contributed by atoms with Gasteiger partial charge in [-0.3, -0.25) is 14.5 Å².